The minimum atomic E-state index is -0.0220. The lowest BCUT2D eigenvalue weighted by molar-refractivity contribution is -0.136. The Morgan fingerprint density at radius 3 is 2.53 bits per heavy atom. The smallest absolute Gasteiger partial charge is 0.239 e. The molecule has 0 spiro atoms. The summed E-state index contributed by atoms with van der Waals surface area (Å²) in [5, 5.41) is 0. The summed E-state index contributed by atoms with van der Waals surface area (Å²) in [5.41, 5.74) is 5.94. The molecule has 0 saturated carbocycles. The van der Waals surface area contributed by atoms with Crippen molar-refractivity contribution in [3.05, 3.63) is 0 Å². The lowest BCUT2D eigenvalue weighted by Crippen LogP contribution is -2.52. The molecule has 17 heavy (non-hydrogen) atoms. The van der Waals surface area contributed by atoms with Crippen LogP contribution in [0.5, 0.6) is 0 Å². The Bertz CT molecular complexity index is 234. The molecule has 1 aliphatic heterocycles. The van der Waals surface area contributed by atoms with Crippen LogP contribution in [0.2, 0.25) is 0 Å². The predicted octanol–water partition coefficient (Wildman–Crippen LogP) is 1.09. The zero-order valence-corrected chi connectivity index (χ0v) is 12.0. The minimum Gasteiger partial charge on any atom is -0.342 e. The second kappa shape index (κ2) is 7.90. The molecular formula is C12H26ClN3O. The van der Waals surface area contributed by atoms with Crippen molar-refractivity contribution < 1.29 is 4.79 Å². The van der Waals surface area contributed by atoms with Crippen molar-refractivity contribution in [2.45, 2.75) is 45.7 Å². The molecule has 0 aromatic heterocycles. The number of amides is 1. The number of likely N-dealkylation sites (N-methyl/N-ethyl adjacent to an activating group) is 1. The molecule has 1 amide bonds. The van der Waals surface area contributed by atoms with Gasteiger partial charge >= 0.3 is 0 Å². The number of hydrogen-bond acceptors (Lipinski definition) is 3. The van der Waals surface area contributed by atoms with Gasteiger partial charge in [0.25, 0.3) is 0 Å². The van der Waals surface area contributed by atoms with Crippen molar-refractivity contribution >= 4 is 18.3 Å². The number of likely N-dealkylation sites (tertiary alicyclic amines) is 1. The summed E-state index contributed by atoms with van der Waals surface area (Å²) in [5.74, 6) is 0.235. The van der Waals surface area contributed by atoms with Crippen molar-refractivity contribution in [1.29, 1.82) is 0 Å². The minimum absolute atomic E-state index is 0. The van der Waals surface area contributed by atoms with Gasteiger partial charge in [0.2, 0.25) is 5.91 Å². The number of nitrogens with two attached hydrogens (primary N) is 1. The Balaban J connectivity index is 0.00000256. The van der Waals surface area contributed by atoms with Gasteiger partial charge in [-0.15, -0.1) is 12.4 Å². The first-order valence-corrected chi connectivity index (χ1v) is 6.38. The molecule has 4 nitrogen and oxygen atoms in total. The quantitative estimate of drug-likeness (QED) is 0.826. The van der Waals surface area contributed by atoms with Crippen LogP contribution in [0.15, 0.2) is 0 Å². The van der Waals surface area contributed by atoms with E-state index >= 15 is 0 Å². The van der Waals surface area contributed by atoms with E-state index in [1.165, 1.54) is 0 Å². The molecule has 1 unspecified atom stereocenters. The summed E-state index contributed by atoms with van der Waals surface area (Å²) < 4.78 is 0. The van der Waals surface area contributed by atoms with Crippen molar-refractivity contribution in [2.24, 2.45) is 5.73 Å². The highest BCUT2D eigenvalue weighted by Crippen LogP contribution is 2.13. The molecule has 1 rings (SSSR count). The first-order valence-electron chi connectivity index (χ1n) is 6.38. The number of rotatable bonds is 4. The van der Waals surface area contributed by atoms with E-state index in [1.54, 1.807) is 0 Å². The molecule has 2 N–H and O–H groups in total. The van der Waals surface area contributed by atoms with E-state index in [4.69, 9.17) is 5.73 Å². The van der Waals surface area contributed by atoms with Crippen LogP contribution in [0.3, 0.4) is 0 Å². The predicted molar refractivity (Wildman–Crippen MR) is 73.4 cm³/mol. The van der Waals surface area contributed by atoms with Crippen molar-refractivity contribution in [3.63, 3.8) is 0 Å². The van der Waals surface area contributed by atoms with Crippen molar-refractivity contribution in [3.8, 4) is 0 Å². The van der Waals surface area contributed by atoms with Crippen LogP contribution in [0.25, 0.3) is 0 Å². The van der Waals surface area contributed by atoms with Gasteiger partial charge in [-0.1, -0.05) is 0 Å². The highest BCUT2D eigenvalue weighted by atomic mass is 35.5. The third kappa shape index (κ3) is 4.45. The molecule has 1 fully saturated rings. The molecule has 0 radical (unpaired) electrons. The molecule has 0 aromatic carbocycles. The lowest BCUT2D eigenvalue weighted by atomic mass is 10.0. The average molecular weight is 264 g/mol. The van der Waals surface area contributed by atoms with Crippen LogP contribution < -0.4 is 5.73 Å². The number of nitrogens with zero attached hydrogens (tertiary/aromatic N) is 2. The van der Waals surface area contributed by atoms with Gasteiger partial charge in [0, 0.05) is 25.7 Å². The Labute approximate surface area is 111 Å². The third-order valence-electron chi connectivity index (χ3n) is 3.47. The van der Waals surface area contributed by atoms with Gasteiger partial charge in [0.1, 0.15) is 0 Å². The second-order valence-corrected chi connectivity index (χ2v) is 4.58. The van der Waals surface area contributed by atoms with Crippen LogP contribution in [0, 0.1) is 0 Å². The molecule has 1 aliphatic rings. The molecule has 1 heterocycles. The third-order valence-corrected chi connectivity index (χ3v) is 3.47. The Kier molecular flexibility index (Phi) is 7.75. The summed E-state index contributed by atoms with van der Waals surface area (Å²) >= 11 is 0. The van der Waals surface area contributed by atoms with E-state index in [0.717, 1.165) is 39.0 Å². The largest absolute Gasteiger partial charge is 0.342 e. The fourth-order valence-electron chi connectivity index (χ4n) is 2.35. The molecule has 0 aromatic rings. The molecule has 5 heteroatoms. The number of carbonyl (C=O) groups is 1. The van der Waals surface area contributed by atoms with Gasteiger partial charge in [0.05, 0.1) is 6.04 Å². The summed E-state index contributed by atoms with van der Waals surface area (Å²) in [7, 11) is 0. The normalized spacial score (nSPS) is 22.7. The maximum absolute atomic E-state index is 12.2. The number of carbonyl (C=O) groups excluding carboxylic acids is 1. The monoisotopic (exact) mass is 263 g/mol. The molecule has 1 saturated heterocycles. The first-order chi connectivity index (χ1) is 7.60. The maximum Gasteiger partial charge on any atom is 0.239 e. The fourth-order valence-corrected chi connectivity index (χ4v) is 2.35. The van der Waals surface area contributed by atoms with Crippen LogP contribution in [0.1, 0.15) is 33.6 Å². The van der Waals surface area contributed by atoms with Gasteiger partial charge in [-0.2, -0.15) is 0 Å². The summed E-state index contributed by atoms with van der Waals surface area (Å²) in [6.45, 7) is 9.49. The second-order valence-electron chi connectivity index (χ2n) is 4.58. The number of piperidine rings is 1. The van der Waals surface area contributed by atoms with Gasteiger partial charge in [-0.3, -0.25) is 9.69 Å². The summed E-state index contributed by atoms with van der Waals surface area (Å²) in [4.78, 5) is 16.3. The van der Waals surface area contributed by atoms with Crippen molar-refractivity contribution in [2.75, 3.05) is 26.2 Å². The lowest BCUT2D eigenvalue weighted by Gasteiger charge is -2.36. The van der Waals surface area contributed by atoms with E-state index in [-0.39, 0.29) is 30.4 Å². The van der Waals surface area contributed by atoms with Crippen LogP contribution in [-0.4, -0.2) is 54.0 Å². The average Bonchev–Trinajstić information content (AvgIpc) is 2.29. The zero-order chi connectivity index (χ0) is 12.1. The molecule has 0 bridgehead atoms. The highest BCUT2D eigenvalue weighted by Gasteiger charge is 2.27. The fraction of sp³-hybridized carbons (Fsp3) is 0.917. The summed E-state index contributed by atoms with van der Waals surface area (Å²) in [6, 6.07) is 0.215. The summed E-state index contributed by atoms with van der Waals surface area (Å²) in [6.07, 6.45) is 2.19. The SMILES string of the molecule is CCN(CC)C(=O)C(C)N1CCC[C@@H](N)C1.Cl. The standard InChI is InChI=1S/C12H25N3O.ClH/c1-4-14(5-2)12(16)10(3)15-8-6-7-11(13)9-15;/h10-11H,4-9,13H2,1-3H3;1H/t10?,11-;/m1./s1. The van der Waals surface area contributed by atoms with Gasteiger partial charge in [0.15, 0.2) is 0 Å². The number of hydrogen-bond donors (Lipinski definition) is 1. The van der Waals surface area contributed by atoms with Gasteiger partial charge < -0.3 is 10.6 Å². The van der Waals surface area contributed by atoms with E-state index in [9.17, 15) is 4.79 Å². The van der Waals surface area contributed by atoms with Gasteiger partial charge in [-0.05, 0) is 40.2 Å². The molecular weight excluding hydrogens is 238 g/mol. The van der Waals surface area contributed by atoms with Crippen LogP contribution in [0.4, 0.5) is 0 Å². The molecule has 0 aliphatic carbocycles. The number of halogens is 1. The van der Waals surface area contributed by atoms with E-state index < -0.39 is 0 Å². The van der Waals surface area contributed by atoms with Crippen molar-refractivity contribution in [1.82, 2.24) is 9.80 Å². The topological polar surface area (TPSA) is 49.6 Å². The van der Waals surface area contributed by atoms with E-state index in [1.807, 2.05) is 25.7 Å². The van der Waals surface area contributed by atoms with E-state index in [2.05, 4.69) is 4.90 Å². The Morgan fingerprint density at radius 1 is 1.47 bits per heavy atom. The van der Waals surface area contributed by atoms with Crippen LogP contribution >= 0.6 is 12.4 Å². The zero-order valence-electron chi connectivity index (χ0n) is 11.2. The highest BCUT2D eigenvalue weighted by molar-refractivity contribution is 5.85. The van der Waals surface area contributed by atoms with Crippen LogP contribution in [-0.2, 0) is 4.79 Å². The van der Waals surface area contributed by atoms with E-state index in [0.29, 0.717) is 0 Å². The molecule has 2 atom stereocenters. The first kappa shape index (κ1) is 16.7. The maximum atomic E-state index is 12.2. The molecule has 102 valence electrons. The Morgan fingerprint density at radius 2 is 2.06 bits per heavy atom. The van der Waals surface area contributed by atoms with Gasteiger partial charge in [-0.25, -0.2) is 0 Å². The Hall–Kier alpha value is -0.320.